The molecule has 37 heavy (non-hydrogen) atoms. The average Bonchev–Trinajstić information content (AvgIpc) is 2.92. The fourth-order valence-corrected chi connectivity index (χ4v) is 4.07. The summed E-state index contributed by atoms with van der Waals surface area (Å²) in [4.78, 5) is 28.7. The zero-order valence-electron chi connectivity index (χ0n) is 20.3. The summed E-state index contributed by atoms with van der Waals surface area (Å²) in [7, 11) is 1.58. The summed E-state index contributed by atoms with van der Waals surface area (Å²) in [6, 6.07) is 23.2. The fourth-order valence-electron chi connectivity index (χ4n) is 3.94. The average molecular weight is 519 g/mol. The van der Waals surface area contributed by atoms with Crippen molar-refractivity contribution < 1.29 is 19.4 Å². The van der Waals surface area contributed by atoms with E-state index in [1.54, 1.807) is 55.8 Å². The largest absolute Gasteiger partial charge is 0.497 e. The number of aromatic amines is 1. The van der Waals surface area contributed by atoms with Gasteiger partial charge < -0.3 is 24.5 Å². The predicted octanol–water partition coefficient (Wildman–Crippen LogP) is 6.09. The molecule has 0 aliphatic carbocycles. The van der Waals surface area contributed by atoms with Crippen LogP contribution in [0.15, 0.2) is 89.9 Å². The van der Waals surface area contributed by atoms with Crippen molar-refractivity contribution in [2.75, 3.05) is 18.6 Å². The van der Waals surface area contributed by atoms with Gasteiger partial charge in [0.1, 0.15) is 11.5 Å². The molecule has 0 unspecified atom stereocenters. The molecule has 0 fully saturated rings. The van der Waals surface area contributed by atoms with Crippen molar-refractivity contribution in [3.8, 4) is 11.5 Å². The van der Waals surface area contributed by atoms with Gasteiger partial charge in [-0.1, -0.05) is 35.9 Å². The monoisotopic (exact) mass is 518 g/mol. The van der Waals surface area contributed by atoms with E-state index in [-0.39, 0.29) is 17.7 Å². The lowest BCUT2D eigenvalue weighted by Gasteiger charge is -2.27. The molecule has 7 nitrogen and oxygen atoms in total. The number of hydrogen-bond acceptors (Lipinski definition) is 5. The highest BCUT2D eigenvalue weighted by molar-refractivity contribution is 6.30. The predicted molar refractivity (Wildman–Crippen MR) is 145 cm³/mol. The second-order valence-corrected chi connectivity index (χ2v) is 8.81. The molecule has 2 N–H and O–H groups in total. The van der Waals surface area contributed by atoms with Crippen LogP contribution in [0.25, 0.3) is 0 Å². The van der Waals surface area contributed by atoms with Gasteiger partial charge in [0.05, 0.1) is 31.5 Å². The molecule has 0 bridgehead atoms. The molecule has 1 heterocycles. The second kappa shape index (κ2) is 12.1. The van der Waals surface area contributed by atoms with E-state index in [1.807, 2.05) is 35.2 Å². The molecule has 0 saturated heterocycles. The number of methoxy groups -OCH3 is 1. The third kappa shape index (κ3) is 6.71. The van der Waals surface area contributed by atoms with Gasteiger partial charge in [0, 0.05) is 28.5 Å². The Kier molecular flexibility index (Phi) is 8.48. The first-order valence-corrected chi connectivity index (χ1v) is 12.1. The van der Waals surface area contributed by atoms with Crippen LogP contribution >= 0.6 is 11.6 Å². The van der Waals surface area contributed by atoms with Crippen molar-refractivity contribution in [3.63, 3.8) is 0 Å². The molecule has 0 amide bonds. The molecule has 8 heteroatoms. The highest BCUT2D eigenvalue weighted by atomic mass is 35.5. The Labute approximate surface area is 219 Å². The molecule has 190 valence electrons. The van der Waals surface area contributed by atoms with Crippen LogP contribution in [0, 0.1) is 0 Å². The number of hydrogen-bond donors (Lipinski definition) is 2. The highest BCUT2D eigenvalue weighted by Crippen LogP contribution is 2.38. The Morgan fingerprint density at radius 2 is 1.84 bits per heavy atom. The second-order valence-electron chi connectivity index (χ2n) is 8.38. The molecule has 3 aromatic carbocycles. The number of carbonyl (C=O) groups is 1. The number of anilines is 2. The smallest absolute Gasteiger partial charge is 0.335 e. The highest BCUT2D eigenvalue weighted by Gasteiger charge is 2.19. The van der Waals surface area contributed by atoms with Crippen molar-refractivity contribution in [1.29, 1.82) is 0 Å². The van der Waals surface area contributed by atoms with Crippen molar-refractivity contribution in [1.82, 2.24) is 4.98 Å². The molecule has 4 rings (SSSR count). The number of aryl methyl sites for hydroxylation is 1. The summed E-state index contributed by atoms with van der Waals surface area (Å²) in [6.07, 6.45) is 3.16. The molecule has 1 aromatic heterocycles. The maximum absolute atomic E-state index is 12.5. The van der Waals surface area contributed by atoms with Gasteiger partial charge in [-0.15, -0.1) is 0 Å². The number of benzene rings is 3. The maximum atomic E-state index is 12.5. The van der Waals surface area contributed by atoms with Gasteiger partial charge in [0.25, 0.3) is 5.56 Å². The number of H-pyrrole nitrogens is 1. The zero-order chi connectivity index (χ0) is 26.2. The van der Waals surface area contributed by atoms with Crippen molar-refractivity contribution >= 4 is 28.9 Å². The number of halogens is 1. The lowest BCUT2D eigenvalue weighted by atomic mass is 10.1. The van der Waals surface area contributed by atoms with Gasteiger partial charge in [-0.25, -0.2) is 4.79 Å². The van der Waals surface area contributed by atoms with Crippen LogP contribution in [0.2, 0.25) is 5.02 Å². The van der Waals surface area contributed by atoms with Gasteiger partial charge in [0.2, 0.25) is 0 Å². The van der Waals surface area contributed by atoms with Crippen molar-refractivity contribution in [2.45, 2.75) is 19.4 Å². The molecule has 0 aliphatic rings. The summed E-state index contributed by atoms with van der Waals surface area (Å²) in [5.41, 5.74) is 2.89. The Bertz CT molecular complexity index is 1420. The van der Waals surface area contributed by atoms with Gasteiger partial charge in [-0.2, -0.15) is 0 Å². The van der Waals surface area contributed by atoms with Crippen LogP contribution in [0.3, 0.4) is 0 Å². The topological polar surface area (TPSA) is 91.9 Å². The maximum Gasteiger partial charge on any atom is 0.335 e. The van der Waals surface area contributed by atoms with E-state index in [4.69, 9.17) is 21.1 Å². The fraction of sp³-hybridized carbons (Fsp3) is 0.172. The number of carboxylic acid groups (broad SMARTS) is 1. The minimum absolute atomic E-state index is 0.142. The van der Waals surface area contributed by atoms with Gasteiger partial charge in [-0.3, -0.25) is 4.79 Å². The third-order valence-electron chi connectivity index (χ3n) is 5.87. The van der Waals surface area contributed by atoms with E-state index >= 15 is 0 Å². The minimum Gasteiger partial charge on any atom is -0.497 e. The quantitative estimate of drug-likeness (QED) is 0.234. The first-order chi connectivity index (χ1) is 17.9. The summed E-state index contributed by atoms with van der Waals surface area (Å²) >= 11 is 5.98. The Hall–Kier alpha value is -4.23. The van der Waals surface area contributed by atoms with Crippen molar-refractivity contribution in [2.24, 2.45) is 0 Å². The van der Waals surface area contributed by atoms with E-state index < -0.39 is 5.97 Å². The van der Waals surface area contributed by atoms with Crippen LogP contribution in [-0.4, -0.2) is 29.8 Å². The molecule has 0 saturated carbocycles. The summed E-state index contributed by atoms with van der Waals surface area (Å²) < 4.78 is 11.6. The standard InChI is InChI=1S/C29H27ClN2O5/c1-36-25-13-14-26(27(18-25)37-16-4-5-20-9-11-23(30)12-10-20)32(19-22-7-3-15-31-28(22)33)24-8-2-6-21(17-24)29(34)35/h2-3,6-15,17-18H,4-5,16,19H2,1H3,(H,31,33)(H,34,35). The van der Waals surface area contributed by atoms with Gasteiger partial charge in [-0.05, 0) is 66.9 Å². The number of aromatic nitrogens is 1. The Balaban J connectivity index is 1.66. The number of nitrogens with one attached hydrogen (secondary N) is 1. The lowest BCUT2D eigenvalue weighted by Crippen LogP contribution is -2.23. The van der Waals surface area contributed by atoms with Crippen LogP contribution in [0.4, 0.5) is 11.4 Å². The van der Waals surface area contributed by atoms with E-state index in [2.05, 4.69) is 4.98 Å². The number of carboxylic acids is 1. The number of aromatic carboxylic acids is 1. The number of nitrogens with zero attached hydrogens (tertiary/aromatic N) is 1. The SMILES string of the molecule is COc1ccc(N(Cc2ccc[nH]c2=O)c2cccc(C(=O)O)c2)c(OCCCc2ccc(Cl)cc2)c1. The summed E-state index contributed by atoms with van der Waals surface area (Å²) in [6.45, 7) is 0.643. The van der Waals surface area contributed by atoms with Crippen LogP contribution in [0.5, 0.6) is 11.5 Å². The minimum atomic E-state index is -1.03. The van der Waals surface area contributed by atoms with Gasteiger partial charge >= 0.3 is 5.97 Å². The molecular weight excluding hydrogens is 492 g/mol. The molecule has 4 aromatic rings. The molecule has 0 aliphatic heterocycles. The van der Waals surface area contributed by atoms with Gasteiger partial charge in [0.15, 0.2) is 0 Å². The summed E-state index contributed by atoms with van der Waals surface area (Å²) in [5.74, 6) is 0.143. The van der Waals surface area contributed by atoms with E-state index in [1.165, 1.54) is 6.07 Å². The van der Waals surface area contributed by atoms with Crippen molar-refractivity contribution in [3.05, 3.63) is 117 Å². The van der Waals surface area contributed by atoms with Crippen LogP contribution < -0.4 is 19.9 Å². The molecule has 0 atom stereocenters. The number of ether oxygens (including phenoxy) is 2. The van der Waals surface area contributed by atoms with E-state index in [0.29, 0.717) is 40.1 Å². The van der Waals surface area contributed by atoms with Crippen LogP contribution in [0.1, 0.15) is 27.9 Å². The zero-order valence-corrected chi connectivity index (χ0v) is 21.1. The number of rotatable bonds is 11. The normalized spacial score (nSPS) is 10.6. The first-order valence-electron chi connectivity index (χ1n) is 11.8. The first kappa shape index (κ1) is 25.9. The molecule has 0 radical (unpaired) electrons. The van der Waals surface area contributed by atoms with E-state index in [0.717, 1.165) is 18.4 Å². The third-order valence-corrected chi connectivity index (χ3v) is 6.12. The Morgan fingerprint density at radius 3 is 2.57 bits per heavy atom. The Morgan fingerprint density at radius 1 is 1.03 bits per heavy atom. The molecule has 0 spiro atoms. The van der Waals surface area contributed by atoms with E-state index in [9.17, 15) is 14.7 Å². The summed E-state index contributed by atoms with van der Waals surface area (Å²) in [5, 5.41) is 10.2. The number of pyridine rings is 1. The molecular formula is C29H27ClN2O5. The lowest BCUT2D eigenvalue weighted by molar-refractivity contribution is 0.0697. The van der Waals surface area contributed by atoms with Crippen LogP contribution in [-0.2, 0) is 13.0 Å².